The van der Waals surface area contributed by atoms with Crippen LogP contribution in [0.15, 0.2) is 107 Å². The van der Waals surface area contributed by atoms with Gasteiger partial charge in [-0.05, 0) is 55.0 Å². The Balaban J connectivity index is 1.51. The second-order valence-corrected chi connectivity index (χ2v) is 9.49. The molecule has 2 aliphatic rings. The van der Waals surface area contributed by atoms with Gasteiger partial charge in [-0.2, -0.15) is 0 Å². The summed E-state index contributed by atoms with van der Waals surface area (Å²) in [5.41, 5.74) is 5.68. The maximum absolute atomic E-state index is 13.7. The number of Topliss-reactive ketones (excluding diaryl/α,β-unsaturated/α-hetero) is 1. The van der Waals surface area contributed by atoms with E-state index in [0.29, 0.717) is 30.6 Å². The van der Waals surface area contributed by atoms with Crippen LogP contribution in [0, 0.1) is 0 Å². The lowest BCUT2D eigenvalue weighted by atomic mass is 9.72. The summed E-state index contributed by atoms with van der Waals surface area (Å²) >= 11 is 0. The number of hydrogen-bond acceptors (Lipinski definition) is 5. The minimum Gasteiger partial charge on any atom is -0.494 e. The molecule has 2 atom stereocenters. The van der Waals surface area contributed by atoms with Crippen molar-refractivity contribution in [3.63, 3.8) is 0 Å². The Kier molecular flexibility index (Phi) is 7.22. The largest absolute Gasteiger partial charge is 0.494 e. The van der Waals surface area contributed by atoms with Crippen molar-refractivity contribution in [3.05, 3.63) is 124 Å². The first-order chi connectivity index (χ1) is 18.0. The zero-order valence-corrected chi connectivity index (χ0v) is 21.2. The monoisotopic (exact) mass is 493 g/mol. The average Bonchev–Trinajstić information content (AvgIpc) is 2.92. The molecule has 5 nitrogen and oxygen atoms in total. The number of carbonyl (C=O) groups is 2. The summed E-state index contributed by atoms with van der Waals surface area (Å²) < 4.78 is 11.4. The zero-order chi connectivity index (χ0) is 25.8. The molecule has 1 heterocycles. The van der Waals surface area contributed by atoms with Crippen molar-refractivity contribution in [1.82, 2.24) is 5.32 Å². The first-order valence-electron chi connectivity index (χ1n) is 12.8. The van der Waals surface area contributed by atoms with Gasteiger partial charge in [-0.15, -0.1) is 0 Å². The van der Waals surface area contributed by atoms with Crippen LogP contribution >= 0.6 is 0 Å². The number of ether oxygens (including phenoxy) is 2. The van der Waals surface area contributed by atoms with E-state index in [9.17, 15) is 9.59 Å². The Morgan fingerprint density at radius 2 is 1.57 bits per heavy atom. The van der Waals surface area contributed by atoms with E-state index >= 15 is 0 Å². The molecular weight excluding hydrogens is 462 g/mol. The Hall–Kier alpha value is -4.12. The molecule has 3 aromatic carbocycles. The quantitative estimate of drug-likeness (QED) is 0.398. The van der Waals surface area contributed by atoms with E-state index in [1.54, 1.807) is 0 Å². The Labute approximate surface area is 217 Å². The van der Waals surface area contributed by atoms with Gasteiger partial charge in [-0.1, -0.05) is 72.8 Å². The van der Waals surface area contributed by atoms with Crippen LogP contribution in [0.1, 0.15) is 55.2 Å². The van der Waals surface area contributed by atoms with E-state index in [-0.39, 0.29) is 18.3 Å². The average molecular weight is 494 g/mol. The first-order valence-corrected chi connectivity index (χ1v) is 12.8. The summed E-state index contributed by atoms with van der Waals surface area (Å²) in [6.07, 6.45) is 1.12. The van der Waals surface area contributed by atoms with Crippen LogP contribution in [0.5, 0.6) is 5.75 Å². The molecule has 37 heavy (non-hydrogen) atoms. The van der Waals surface area contributed by atoms with Crippen molar-refractivity contribution >= 4 is 11.8 Å². The number of dihydropyridines is 1. The first kappa shape index (κ1) is 24.6. The van der Waals surface area contributed by atoms with E-state index < -0.39 is 11.9 Å². The number of nitrogens with one attached hydrogen (secondary N) is 1. The number of carbonyl (C=O) groups excluding carboxylic acids is 2. The van der Waals surface area contributed by atoms with Gasteiger partial charge < -0.3 is 14.8 Å². The third kappa shape index (κ3) is 5.21. The number of allylic oxidation sites excluding steroid dienone is 3. The lowest BCUT2D eigenvalue weighted by molar-refractivity contribution is -0.140. The number of hydrogen-bond donors (Lipinski definition) is 1. The van der Waals surface area contributed by atoms with Gasteiger partial charge in [0.15, 0.2) is 5.78 Å². The highest BCUT2D eigenvalue weighted by Crippen LogP contribution is 2.46. The fraction of sp³-hybridized carbons (Fsp3) is 0.250. The minimum absolute atomic E-state index is 0.0577. The molecule has 3 aromatic rings. The van der Waals surface area contributed by atoms with E-state index in [1.165, 1.54) is 0 Å². The minimum atomic E-state index is -0.501. The van der Waals surface area contributed by atoms with E-state index in [4.69, 9.17) is 9.47 Å². The fourth-order valence-corrected chi connectivity index (χ4v) is 5.33. The standard InChI is InChI=1S/C32H31NO4/c1-3-36-26-16-14-24(15-17-26)30-29(32(35)37-20-22-10-6-4-7-11-22)21(2)33-27-18-25(19-28(34)31(27)30)23-12-8-5-9-13-23/h4-17,25,30,33H,3,18-20H2,1-2H3/t25-,30+/m0/s1. The number of rotatable bonds is 7. The smallest absolute Gasteiger partial charge is 0.337 e. The van der Waals surface area contributed by atoms with Gasteiger partial charge in [0, 0.05) is 29.3 Å². The lowest BCUT2D eigenvalue weighted by Crippen LogP contribution is -2.36. The van der Waals surface area contributed by atoms with Crippen molar-refractivity contribution in [2.45, 2.75) is 45.1 Å². The molecule has 5 rings (SSSR count). The normalized spacial score (nSPS) is 19.2. The molecule has 0 amide bonds. The van der Waals surface area contributed by atoms with E-state index in [1.807, 2.05) is 86.6 Å². The summed E-state index contributed by atoms with van der Waals surface area (Å²) in [5.74, 6) is -0.0123. The molecule has 0 fully saturated rings. The Morgan fingerprint density at radius 3 is 2.24 bits per heavy atom. The summed E-state index contributed by atoms with van der Waals surface area (Å²) in [5, 5.41) is 3.42. The molecule has 0 radical (unpaired) electrons. The SMILES string of the molecule is CCOc1ccc([C@@H]2C(C(=O)OCc3ccccc3)=C(C)NC3=C2C(=O)C[C@@H](c2ccccc2)C3)cc1. The van der Waals surface area contributed by atoms with Gasteiger partial charge in [-0.3, -0.25) is 4.79 Å². The Morgan fingerprint density at radius 1 is 0.892 bits per heavy atom. The van der Waals surface area contributed by atoms with Crippen LogP contribution in [0.2, 0.25) is 0 Å². The summed E-state index contributed by atoms with van der Waals surface area (Å²) in [4.78, 5) is 27.2. The second-order valence-electron chi connectivity index (χ2n) is 9.49. The van der Waals surface area contributed by atoms with Crippen LogP contribution < -0.4 is 10.1 Å². The molecule has 0 bridgehead atoms. The van der Waals surface area contributed by atoms with Crippen molar-refractivity contribution < 1.29 is 19.1 Å². The molecule has 1 aliphatic heterocycles. The summed E-state index contributed by atoms with van der Waals surface area (Å²) in [6.45, 7) is 4.56. The van der Waals surface area contributed by atoms with Crippen LogP contribution in [-0.2, 0) is 20.9 Å². The molecule has 1 N–H and O–H groups in total. The number of ketones is 1. The van der Waals surface area contributed by atoms with Crippen molar-refractivity contribution in [3.8, 4) is 5.75 Å². The van der Waals surface area contributed by atoms with Gasteiger partial charge in [0.25, 0.3) is 0 Å². The maximum atomic E-state index is 13.7. The molecule has 0 aromatic heterocycles. The molecule has 1 aliphatic carbocycles. The third-order valence-corrected chi connectivity index (χ3v) is 7.06. The topological polar surface area (TPSA) is 64.6 Å². The fourth-order valence-electron chi connectivity index (χ4n) is 5.33. The van der Waals surface area contributed by atoms with Gasteiger partial charge in [0.1, 0.15) is 12.4 Å². The van der Waals surface area contributed by atoms with Gasteiger partial charge >= 0.3 is 5.97 Å². The molecule has 5 heteroatoms. The molecular formula is C32H31NO4. The maximum Gasteiger partial charge on any atom is 0.337 e. The van der Waals surface area contributed by atoms with Gasteiger partial charge in [-0.25, -0.2) is 4.79 Å². The molecule has 0 saturated carbocycles. The summed E-state index contributed by atoms with van der Waals surface area (Å²) in [6, 6.07) is 27.4. The molecule has 0 saturated heterocycles. The third-order valence-electron chi connectivity index (χ3n) is 7.06. The van der Waals surface area contributed by atoms with Gasteiger partial charge in [0.05, 0.1) is 12.2 Å². The second kappa shape index (κ2) is 10.9. The van der Waals surface area contributed by atoms with Crippen LogP contribution in [-0.4, -0.2) is 18.4 Å². The molecule has 0 unspecified atom stereocenters. The highest BCUT2D eigenvalue weighted by Gasteiger charge is 2.41. The predicted octanol–water partition coefficient (Wildman–Crippen LogP) is 6.19. The van der Waals surface area contributed by atoms with Gasteiger partial charge in [0.2, 0.25) is 0 Å². The van der Waals surface area contributed by atoms with Crippen LogP contribution in [0.4, 0.5) is 0 Å². The lowest BCUT2D eigenvalue weighted by Gasteiger charge is -2.36. The molecule has 0 spiro atoms. The van der Waals surface area contributed by atoms with Crippen molar-refractivity contribution in [2.75, 3.05) is 6.61 Å². The van der Waals surface area contributed by atoms with Crippen molar-refractivity contribution in [1.29, 1.82) is 0 Å². The number of benzene rings is 3. The number of esters is 1. The zero-order valence-electron chi connectivity index (χ0n) is 21.2. The highest BCUT2D eigenvalue weighted by atomic mass is 16.5. The van der Waals surface area contributed by atoms with Crippen LogP contribution in [0.25, 0.3) is 0 Å². The molecule has 188 valence electrons. The Bertz CT molecular complexity index is 1340. The highest BCUT2D eigenvalue weighted by molar-refractivity contribution is 6.04. The van der Waals surface area contributed by atoms with Crippen LogP contribution in [0.3, 0.4) is 0 Å². The summed E-state index contributed by atoms with van der Waals surface area (Å²) in [7, 11) is 0. The van der Waals surface area contributed by atoms with E-state index in [0.717, 1.165) is 33.8 Å². The van der Waals surface area contributed by atoms with E-state index in [2.05, 4.69) is 17.4 Å². The predicted molar refractivity (Wildman–Crippen MR) is 143 cm³/mol. The van der Waals surface area contributed by atoms with Crippen molar-refractivity contribution in [2.24, 2.45) is 0 Å².